The van der Waals surface area contributed by atoms with Crippen molar-refractivity contribution in [3.05, 3.63) is 54.1 Å². The van der Waals surface area contributed by atoms with Gasteiger partial charge in [-0.2, -0.15) is 4.31 Å². The van der Waals surface area contributed by atoms with Crippen LogP contribution in [0.1, 0.15) is 40.2 Å². The highest BCUT2D eigenvalue weighted by atomic mass is 32.2. The summed E-state index contributed by atoms with van der Waals surface area (Å²) < 4.78 is 44.4. The SMILES string of the molecule is CC(C)CN(C[C@@H](O)[C@H](Cc1ccccc1)NC(=O)CNC(=O)OC(C)(C)C)S(=O)(=O)c1ccc2c(c1)OCO2. The molecule has 3 N–H and O–H groups in total. The average molecular weight is 578 g/mol. The summed E-state index contributed by atoms with van der Waals surface area (Å²) in [6, 6.07) is 12.7. The smallest absolute Gasteiger partial charge is 0.408 e. The van der Waals surface area contributed by atoms with E-state index in [0.29, 0.717) is 11.5 Å². The zero-order chi connectivity index (χ0) is 29.5. The second-order valence-corrected chi connectivity index (χ2v) is 13.0. The van der Waals surface area contributed by atoms with Crippen LogP contribution in [-0.2, 0) is 26.0 Å². The van der Waals surface area contributed by atoms with E-state index < -0.39 is 39.8 Å². The highest BCUT2D eigenvalue weighted by Crippen LogP contribution is 2.34. The summed E-state index contributed by atoms with van der Waals surface area (Å²) in [4.78, 5) is 24.8. The summed E-state index contributed by atoms with van der Waals surface area (Å²) in [5, 5.41) is 16.5. The van der Waals surface area contributed by atoms with Crippen LogP contribution in [0.15, 0.2) is 53.4 Å². The molecule has 2 aromatic rings. The van der Waals surface area contributed by atoms with Crippen molar-refractivity contribution in [2.45, 2.75) is 63.7 Å². The number of ether oxygens (including phenoxy) is 3. The number of carbonyl (C=O) groups is 2. The number of hydrogen-bond acceptors (Lipinski definition) is 8. The summed E-state index contributed by atoms with van der Waals surface area (Å²) >= 11 is 0. The largest absolute Gasteiger partial charge is 0.454 e. The molecule has 220 valence electrons. The molecule has 40 heavy (non-hydrogen) atoms. The standard InChI is InChI=1S/C28H39N3O8S/c1-19(2)16-31(40(35,36)21-11-12-24-25(14-21)38-18-37-24)17-23(32)22(13-20-9-7-6-8-10-20)30-26(33)15-29-27(34)39-28(3,4)5/h6-12,14,19,22-23,32H,13,15-18H2,1-5H3,(H,29,34)(H,30,33)/t22-,23+/m0/s1. The molecule has 0 saturated carbocycles. The summed E-state index contributed by atoms with van der Waals surface area (Å²) in [5.74, 6) is 0.189. The Labute approximate surface area is 235 Å². The van der Waals surface area contributed by atoms with E-state index in [1.807, 2.05) is 44.2 Å². The molecule has 1 aliphatic heterocycles. The number of alkyl carbamates (subject to hydrolysis) is 1. The van der Waals surface area contributed by atoms with Gasteiger partial charge in [-0.15, -0.1) is 0 Å². The zero-order valence-electron chi connectivity index (χ0n) is 23.5. The van der Waals surface area contributed by atoms with Gasteiger partial charge in [-0.05, 0) is 50.8 Å². The number of aliphatic hydroxyl groups is 1. The Morgan fingerprint density at radius 2 is 1.73 bits per heavy atom. The van der Waals surface area contributed by atoms with E-state index in [9.17, 15) is 23.1 Å². The number of fused-ring (bicyclic) bond motifs is 1. The maximum Gasteiger partial charge on any atom is 0.408 e. The second kappa shape index (κ2) is 13.3. The van der Waals surface area contributed by atoms with Gasteiger partial charge in [0.05, 0.1) is 17.0 Å². The number of carbonyl (C=O) groups excluding carboxylic acids is 2. The van der Waals surface area contributed by atoms with Crippen molar-refractivity contribution in [3.8, 4) is 11.5 Å². The molecule has 2 aromatic carbocycles. The van der Waals surface area contributed by atoms with E-state index in [4.69, 9.17) is 14.2 Å². The van der Waals surface area contributed by atoms with Crippen LogP contribution in [-0.4, -0.2) is 74.0 Å². The van der Waals surface area contributed by atoms with Crippen molar-refractivity contribution in [3.63, 3.8) is 0 Å². The molecular formula is C28H39N3O8S. The molecule has 2 amide bonds. The highest BCUT2D eigenvalue weighted by molar-refractivity contribution is 7.89. The Balaban J connectivity index is 1.78. The van der Waals surface area contributed by atoms with Gasteiger partial charge in [-0.3, -0.25) is 4.79 Å². The molecule has 0 aliphatic carbocycles. The molecule has 3 rings (SSSR count). The number of benzene rings is 2. The Bertz CT molecular complexity index is 1260. The predicted octanol–water partition coefficient (Wildman–Crippen LogP) is 2.68. The number of hydrogen-bond donors (Lipinski definition) is 3. The molecule has 0 saturated heterocycles. The molecular weight excluding hydrogens is 538 g/mol. The Morgan fingerprint density at radius 1 is 1.05 bits per heavy atom. The Morgan fingerprint density at radius 3 is 2.38 bits per heavy atom. The van der Waals surface area contributed by atoms with E-state index in [1.54, 1.807) is 20.8 Å². The van der Waals surface area contributed by atoms with E-state index in [2.05, 4.69) is 10.6 Å². The zero-order valence-corrected chi connectivity index (χ0v) is 24.4. The third kappa shape index (κ3) is 9.10. The molecule has 0 unspecified atom stereocenters. The van der Waals surface area contributed by atoms with Gasteiger partial charge in [0.2, 0.25) is 22.7 Å². The molecule has 1 aliphatic rings. The normalized spacial score (nSPS) is 14.6. The van der Waals surface area contributed by atoms with Crippen LogP contribution in [0.25, 0.3) is 0 Å². The minimum atomic E-state index is -4.03. The summed E-state index contributed by atoms with van der Waals surface area (Å²) in [5.41, 5.74) is 0.108. The minimum Gasteiger partial charge on any atom is -0.454 e. The van der Waals surface area contributed by atoms with Gasteiger partial charge in [0.25, 0.3) is 0 Å². The van der Waals surface area contributed by atoms with Crippen LogP contribution in [0.4, 0.5) is 4.79 Å². The van der Waals surface area contributed by atoms with Crippen molar-refractivity contribution in [1.82, 2.24) is 14.9 Å². The fourth-order valence-corrected chi connectivity index (χ4v) is 5.71. The lowest BCUT2D eigenvalue weighted by Gasteiger charge is -2.31. The van der Waals surface area contributed by atoms with Crippen LogP contribution < -0.4 is 20.1 Å². The number of sulfonamides is 1. The van der Waals surface area contributed by atoms with Gasteiger partial charge in [0.1, 0.15) is 12.1 Å². The summed E-state index contributed by atoms with van der Waals surface area (Å²) in [6.45, 7) is 8.37. The van der Waals surface area contributed by atoms with Gasteiger partial charge in [0, 0.05) is 19.2 Å². The topological polar surface area (TPSA) is 143 Å². The van der Waals surface area contributed by atoms with E-state index in [0.717, 1.165) is 5.56 Å². The maximum atomic E-state index is 13.7. The van der Waals surface area contributed by atoms with Crippen molar-refractivity contribution in [2.24, 2.45) is 5.92 Å². The van der Waals surface area contributed by atoms with Crippen LogP contribution in [0.3, 0.4) is 0 Å². The van der Waals surface area contributed by atoms with Gasteiger partial charge < -0.3 is 30.0 Å². The van der Waals surface area contributed by atoms with E-state index in [1.165, 1.54) is 22.5 Å². The highest BCUT2D eigenvalue weighted by Gasteiger charge is 2.32. The molecule has 0 radical (unpaired) electrons. The predicted molar refractivity (Wildman–Crippen MR) is 148 cm³/mol. The third-order valence-electron chi connectivity index (χ3n) is 5.84. The van der Waals surface area contributed by atoms with Gasteiger partial charge in [0.15, 0.2) is 11.5 Å². The third-order valence-corrected chi connectivity index (χ3v) is 7.67. The van der Waals surface area contributed by atoms with Gasteiger partial charge in [-0.25, -0.2) is 13.2 Å². The molecule has 11 nitrogen and oxygen atoms in total. The van der Waals surface area contributed by atoms with Crippen molar-refractivity contribution < 1.29 is 37.3 Å². The molecule has 2 atom stereocenters. The first-order chi connectivity index (χ1) is 18.7. The monoisotopic (exact) mass is 577 g/mol. The lowest BCUT2D eigenvalue weighted by atomic mass is 10.0. The van der Waals surface area contributed by atoms with Crippen LogP contribution in [0, 0.1) is 5.92 Å². The lowest BCUT2D eigenvalue weighted by Crippen LogP contribution is -2.52. The van der Waals surface area contributed by atoms with Crippen molar-refractivity contribution in [2.75, 3.05) is 26.4 Å². The van der Waals surface area contributed by atoms with Gasteiger partial charge in [-0.1, -0.05) is 44.2 Å². The molecule has 0 aromatic heterocycles. The second-order valence-electron chi connectivity index (χ2n) is 11.0. The van der Waals surface area contributed by atoms with Crippen molar-refractivity contribution >= 4 is 22.0 Å². The summed E-state index contributed by atoms with van der Waals surface area (Å²) in [7, 11) is -4.03. The number of aliphatic hydroxyl groups excluding tert-OH is 1. The molecule has 0 spiro atoms. The van der Waals surface area contributed by atoms with Crippen molar-refractivity contribution in [1.29, 1.82) is 0 Å². The Kier molecular flexibility index (Phi) is 10.4. The number of nitrogens with one attached hydrogen (secondary N) is 2. The molecule has 1 heterocycles. The Hall–Kier alpha value is -3.35. The number of nitrogens with zero attached hydrogens (tertiary/aromatic N) is 1. The van der Waals surface area contributed by atoms with Crippen LogP contribution in [0.2, 0.25) is 0 Å². The molecule has 12 heteroatoms. The molecule has 0 bridgehead atoms. The van der Waals surface area contributed by atoms with Crippen LogP contribution >= 0.6 is 0 Å². The minimum absolute atomic E-state index is 0.00908. The number of rotatable bonds is 12. The fourth-order valence-electron chi connectivity index (χ4n) is 4.08. The number of amides is 2. The maximum absolute atomic E-state index is 13.7. The average Bonchev–Trinajstić information content (AvgIpc) is 3.34. The quantitative estimate of drug-likeness (QED) is 0.349. The van der Waals surface area contributed by atoms with Crippen LogP contribution in [0.5, 0.6) is 11.5 Å². The van der Waals surface area contributed by atoms with E-state index in [-0.39, 0.29) is 43.7 Å². The lowest BCUT2D eigenvalue weighted by molar-refractivity contribution is -0.121. The first-order valence-corrected chi connectivity index (χ1v) is 14.6. The molecule has 0 fully saturated rings. The fraction of sp³-hybridized carbons (Fsp3) is 0.500. The first-order valence-electron chi connectivity index (χ1n) is 13.1. The van der Waals surface area contributed by atoms with Gasteiger partial charge >= 0.3 is 6.09 Å². The van der Waals surface area contributed by atoms with E-state index >= 15 is 0 Å². The summed E-state index contributed by atoms with van der Waals surface area (Å²) in [6.07, 6.45) is -1.78. The first kappa shape index (κ1) is 31.2.